The Hall–Kier alpha value is -1.78. The molecule has 0 bridgehead atoms. The molecule has 2 aromatic heterocycles. The molecule has 0 unspecified atom stereocenters. The highest BCUT2D eigenvalue weighted by molar-refractivity contribution is 5.46. The summed E-state index contributed by atoms with van der Waals surface area (Å²) in [6, 6.07) is 3.76. The predicted octanol–water partition coefficient (Wildman–Crippen LogP) is 2.49. The van der Waals surface area contributed by atoms with Crippen molar-refractivity contribution in [1.29, 1.82) is 0 Å². The molecular weight excluding hydrogens is 216 g/mol. The molecule has 5 heteroatoms. The van der Waals surface area contributed by atoms with E-state index in [1.807, 2.05) is 19.1 Å². The van der Waals surface area contributed by atoms with Gasteiger partial charge in [-0.3, -0.25) is 0 Å². The van der Waals surface area contributed by atoms with Gasteiger partial charge in [0.05, 0.1) is 5.69 Å². The van der Waals surface area contributed by atoms with Crippen molar-refractivity contribution in [3.8, 4) is 11.5 Å². The van der Waals surface area contributed by atoms with Gasteiger partial charge < -0.3 is 4.52 Å². The Kier molecular flexibility index (Phi) is 2.59. The zero-order valence-electron chi connectivity index (χ0n) is 9.76. The zero-order chi connectivity index (χ0) is 11.7. The van der Waals surface area contributed by atoms with Crippen molar-refractivity contribution in [1.82, 2.24) is 20.3 Å². The third-order valence-electron chi connectivity index (χ3n) is 3.17. The summed E-state index contributed by atoms with van der Waals surface area (Å²) in [6.07, 6.45) is 4.82. The minimum absolute atomic E-state index is 0.439. The van der Waals surface area contributed by atoms with Gasteiger partial charge in [-0.25, -0.2) is 0 Å². The Balaban J connectivity index is 1.86. The molecule has 0 N–H and O–H groups in total. The van der Waals surface area contributed by atoms with Gasteiger partial charge in [0, 0.05) is 5.92 Å². The summed E-state index contributed by atoms with van der Waals surface area (Å²) in [5.74, 6) is 1.73. The van der Waals surface area contributed by atoms with Crippen LogP contribution in [-0.2, 0) is 0 Å². The Morgan fingerprint density at radius 3 is 2.71 bits per heavy atom. The summed E-state index contributed by atoms with van der Waals surface area (Å²) in [4.78, 5) is 4.41. The first-order chi connectivity index (χ1) is 8.33. The molecule has 2 aromatic rings. The van der Waals surface area contributed by atoms with Gasteiger partial charge in [-0.05, 0) is 31.9 Å². The molecule has 1 fully saturated rings. The van der Waals surface area contributed by atoms with Crippen molar-refractivity contribution >= 4 is 0 Å². The van der Waals surface area contributed by atoms with Gasteiger partial charge in [-0.1, -0.05) is 18.0 Å². The monoisotopic (exact) mass is 230 g/mol. The van der Waals surface area contributed by atoms with E-state index in [0.29, 0.717) is 17.4 Å². The molecule has 0 amide bonds. The maximum Gasteiger partial charge on any atom is 0.230 e. The van der Waals surface area contributed by atoms with Crippen LogP contribution in [0.2, 0.25) is 0 Å². The summed E-state index contributed by atoms with van der Waals surface area (Å²) < 4.78 is 5.30. The lowest BCUT2D eigenvalue weighted by atomic mass is 10.1. The summed E-state index contributed by atoms with van der Waals surface area (Å²) in [6.45, 7) is 1.90. The lowest BCUT2D eigenvalue weighted by Gasteiger charge is -1.99. The molecule has 88 valence electrons. The van der Waals surface area contributed by atoms with Crippen LogP contribution in [0, 0.1) is 6.92 Å². The van der Waals surface area contributed by atoms with Crippen molar-refractivity contribution in [2.45, 2.75) is 38.5 Å². The molecule has 0 saturated heterocycles. The smallest absolute Gasteiger partial charge is 0.230 e. The highest BCUT2D eigenvalue weighted by Crippen LogP contribution is 2.33. The summed E-state index contributed by atoms with van der Waals surface area (Å²) in [7, 11) is 0. The second-order valence-electron chi connectivity index (χ2n) is 4.50. The van der Waals surface area contributed by atoms with E-state index in [-0.39, 0.29) is 0 Å². The van der Waals surface area contributed by atoms with Crippen LogP contribution in [0.1, 0.15) is 43.2 Å². The molecule has 3 rings (SSSR count). The number of hydrogen-bond donors (Lipinski definition) is 0. The molecule has 0 spiro atoms. The van der Waals surface area contributed by atoms with E-state index in [1.165, 1.54) is 12.8 Å². The normalized spacial score (nSPS) is 16.5. The molecular formula is C12H14N4O. The second kappa shape index (κ2) is 4.24. The first kappa shape index (κ1) is 10.4. The van der Waals surface area contributed by atoms with E-state index in [4.69, 9.17) is 4.52 Å². The fraction of sp³-hybridized carbons (Fsp3) is 0.500. The molecule has 0 aliphatic heterocycles. The Morgan fingerprint density at radius 1 is 1.18 bits per heavy atom. The molecule has 17 heavy (non-hydrogen) atoms. The molecule has 1 aliphatic rings. The number of rotatable bonds is 2. The molecule has 5 nitrogen and oxygen atoms in total. The molecule has 1 saturated carbocycles. The first-order valence-electron chi connectivity index (χ1n) is 5.97. The highest BCUT2D eigenvalue weighted by Gasteiger charge is 2.23. The SMILES string of the molecule is Cc1ccc(-c2noc(C3CCCC3)n2)nn1. The maximum absolute atomic E-state index is 5.30. The quantitative estimate of drug-likeness (QED) is 0.793. The van der Waals surface area contributed by atoms with Crippen molar-refractivity contribution in [2.75, 3.05) is 0 Å². The number of aromatic nitrogens is 4. The van der Waals surface area contributed by atoms with Gasteiger partial charge in [0.25, 0.3) is 0 Å². The van der Waals surface area contributed by atoms with Gasteiger partial charge in [-0.15, -0.1) is 5.10 Å². The van der Waals surface area contributed by atoms with Crippen molar-refractivity contribution < 1.29 is 4.52 Å². The van der Waals surface area contributed by atoms with Crippen molar-refractivity contribution in [3.63, 3.8) is 0 Å². The van der Waals surface area contributed by atoms with Crippen LogP contribution in [0.3, 0.4) is 0 Å². The number of hydrogen-bond acceptors (Lipinski definition) is 5. The van der Waals surface area contributed by atoms with Gasteiger partial charge >= 0.3 is 0 Å². The zero-order valence-corrected chi connectivity index (χ0v) is 9.76. The second-order valence-corrected chi connectivity index (χ2v) is 4.50. The number of aryl methyl sites for hydroxylation is 1. The summed E-state index contributed by atoms with van der Waals surface area (Å²) in [5, 5.41) is 12.0. The molecule has 2 heterocycles. The Bertz CT molecular complexity index is 499. The summed E-state index contributed by atoms with van der Waals surface area (Å²) in [5.41, 5.74) is 1.55. The van der Waals surface area contributed by atoms with Gasteiger partial charge in [0.2, 0.25) is 11.7 Å². The summed E-state index contributed by atoms with van der Waals surface area (Å²) >= 11 is 0. The topological polar surface area (TPSA) is 64.7 Å². The predicted molar refractivity (Wildman–Crippen MR) is 61.3 cm³/mol. The van der Waals surface area contributed by atoms with Gasteiger partial charge in [0.15, 0.2) is 0 Å². The largest absolute Gasteiger partial charge is 0.339 e. The van der Waals surface area contributed by atoms with E-state index >= 15 is 0 Å². The molecule has 0 aromatic carbocycles. The van der Waals surface area contributed by atoms with E-state index in [1.54, 1.807) is 0 Å². The minimum atomic E-state index is 0.439. The van der Waals surface area contributed by atoms with E-state index in [9.17, 15) is 0 Å². The third-order valence-corrected chi connectivity index (χ3v) is 3.17. The van der Waals surface area contributed by atoms with Crippen LogP contribution in [0.15, 0.2) is 16.7 Å². The van der Waals surface area contributed by atoms with Gasteiger partial charge in [0.1, 0.15) is 5.69 Å². The van der Waals surface area contributed by atoms with Gasteiger partial charge in [-0.2, -0.15) is 10.1 Å². The standard InChI is InChI=1S/C12H14N4O/c1-8-6-7-10(15-14-8)11-13-12(17-16-11)9-4-2-3-5-9/h6-7,9H,2-5H2,1H3. The van der Waals surface area contributed by atoms with Crippen LogP contribution >= 0.6 is 0 Å². The molecule has 0 radical (unpaired) electrons. The lowest BCUT2D eigenvalue weighted by Crippen LogP contribution is -1.93. The van der Waals surface area contributed by atoms with Crippen molar-refractivity contribution in [3.05, 3.63) is 23.7 Å². The van der Waals surface area contributed by atoms with E-state index in [0.717, 1.165) is 24.4 Å². The Labute approximate surface area is 99.3 Å². The first-order valence-corrected chi connectivity index (χ1v) is 5.97. The van der Waals surface area contributed by atoms with Crippen LogP contribution in [-0.4, -0.2) is 20.3 Å². The molecule has 0 atom stereocenters. The van der Waals surface area contributed by atoms with Crippen LogP contribution in [0.25, 0.3) is 11.5 Å². The van der Waals surface area contributed by atoms with E-state index in [2.05, 4.69) is 20.3 Å². The van der Waals surface area contributed by atoms with Crippen LogP contribution in [0.4, 0.5) is 0 Å². The lowest BCUT2D eigenvalue weighted by molar-refractivity contribution is 0.354. The highest BCUT2D eigenvalue weighted by atomic mass is 16.5. The number of nitrogens with zero attached hydrogens (tertiary/aromatic N) is 4. The maximum atomic E-state index is 5.30. The minimum Gasteiger partial charge on any atom is -0.339 e. The van der Waals surface area contributed by atoms with Crippen LogP contribution < -0.4 is 0 Å². The average Bonchev–Trinajstić information content (AvgIpc) is 3.00. The fourth-order valence-corrected chi connectivity index (χ4v) is 2.20. The van der Waals surface area contributed by atoms with Crippen molar-refractivity contribution in [2.24, 2.45) is 0 Å². The third kappa shape index (κ3) is 2.05. The Morgan fingerprint density at radius 2 is 2.00 bits per heavy atom. The van der Waals surface area contributed by atoms with Crippen LogP contribution in [0.5, 0.6) is 0 Å². The fourth-order valence-electron chi connectivity index (χ4n) is 2.20. The van der Waals surface area contributed by atoms with E-state index < -0.39 is 0 Å². The average molecular weight is 230 g/mol. The molecule has 1 aliphatic carbocycles.